The topological polar surface area (TPSA) is 93.7 Å². The second-order valence-corrected chi connectivity index (χ2v) is 8.88. The van der Waals surface area contributed by atoms with Crippen molar-refractivity contribution in [1.82, 2.24) is 4.72 Å². The Morgan fingerprint density at radius 2 is 1.62 bits per heavy atom. The zero-order valence-corrected chi connectivity index (χ0v) is 17.8. The molecular formula is C23H21FN2O5S. The summed E-state index contributed by atoms with van der Waals surface area (Å²) >= 11 is 0. The van der Waals surface area contributed by atoms with Gasteiger partial charge in [-0.1, -0.05) is 30.3 Å². The van der Waals surface area contributed by atoms with Crippen molar-refractivity contribution < 1.29 is 27.1 Å². The Balaban J connectivity index is 1.58. The highest BCUT2D eigenvalue weighted by molar-refractivity contribution is 7.89. The Morgan fingerprint density at radius 3 is 2.34 bits per heavy atom. The molecule has 32 heavy (non-hydrogen) atoms. The molecule has 166 valence electrons. The number of hydrogen-bond acceptors (Lipinski definition) is 5. The summed E-state index contributed by atoms with van der Waals surface area (Å²) in [6.45, 7) is 0.709. The average Bonchev–Trinajstić information content (AvgIpc) is 2.80. The number of carbonyl (C=O) groups excluding carboxylic acids is 1. The van der Waals surface area contributed by atoms with Crippen LogP contribution in [0.3, 0.4) is 0 Å². The van der Waals surface area contributed by atoms with Gasteiger partial charge in [-0.25, -0.2) is 12.8 Å². The fourth-order valence-corrected chi connectivity index (χ4v) is 4.46. The van der Waals surface area contributed by atoms with Crippen LogP contribution in [0, 0.1) is 5.82 Å². The number of fused-ring (bicyclic) bond motifs is 1. The summed E-state index contributed by atoms with van der Waals surface area (Å²) in [4.78, 5) is 12.9. The van der Waals surface area contributed by atoms with Crippen molar-refractivity contribution in [2.24, 2.45) is 0 Å². The Morgan fingerprint density at radius 1 is 0.938 bits per heavy atom. The molecule has 0 radical (unpaired) electrons. The minimum absolute atomic E-state index is 0.0469. The fraction of sp³-hybridized carbons (Fsp3) is 0.174. The molecule has 0 saturated heterocycles. The smallest absolute Gasteiger partial charge is 0.242 e. The Bertz CT molecular complexity index is 1200. The SMILES string of the molecule is O=C(Nc1ccc(F)cc1)[C@@H](Cc1ccccc1)NS(=O)(=O)c1ccc2c(c1)OCCO2. The minimum Gasteiger partial charge on any atom is -0.486 e. The van der Waals surface area contributed by atoms with Crippen LogP contribution in [0.5, 0.6) is 11.5 Å². The van der Waals surface area contributed by atoms with Gasteiger partial charge in [0.1, 0.15) is 25.1 Å². The number of halogens is 1. The fourth-order valence-electron chi connectivity index (χ4n) is 3.25. The third kappa shape index (κ3) is 5.24. The summed E-state index contributed by atoms with van der Waals surface area (Å²) in [5.74, 6) is -0.218. The van der Waals surface area contributed by atoms with Gasteiger partial charge in [0.05, 0.1) is 4.90 Å². The number of amides is 1. The van der Waals surface area contributed by atoms with E-state index in [9.17, 15) is 17.6 Å². The van der Waals surface area contributed by atoms with Crippen LogP contribution in [-0.4, -0.2) is 33.6 Å². The van der Waals surface area contributed by atoms with E-state index in [1.54, 1.807) is 24.3 Å². The van der Waals surface area contributed by atoms with E-state index in [2.05, 4.69) is 10.0 Å². The summed E-state index contributed by atoms with van der Waals surface area (Å²) in [5.41, 5.74) is 1.13. The first-order valence-corrected chi connectivity index (χ1v) is 11.4. The highest BCUT2D eigenvalue weighted by Gasteiger charge is 2.27. The molecule has 0 unspecified atom stereocenters. The standard InChI is InChI=1S/C23H21FN2O5S/c24-17-6-8-18(9-7-17)25-23(27)20(14-16-4-2-1-3-5-16)26-32(28,29)19-10-11-21-22(15-19)31-13-12-30-21/h1-11,15,20,26H,12-14H2,(H,25,27)/t20-/m1/s1. The number of sulfonamides is 1. The lowest BCUT2D eigenvalue weighted by molar-refractivity contribution is -0.117. The second-order valence-electron chi connectivity index (χ2n) is 7.17. The monoisotopic (exact) mass is 456 g/mol. The van der Waals surface area contributed by atoms with Crippen molar-refractivity contribution in [3.63, 3.8) is 0 Å². The second kappa shape index (κ2) is 9.37. The molecule has 0 spiro atoms. The molecule has 1 aliphatic rings. The molecule has 0 aliphatic carbocycles. The van der Waals surface area contributed by atoms with E-state index in [1.807, 2.05) is 6.07 Å². The van der Waals surface area contributed by atoms with Crippen LogP contribution >= 0.6 is 0 Å². The summed E-state index contributed by atoms with van der Waals surface area (Å²) in [6.07, 6.45) is 0.123. The summed E-state index contributed by atoms with van der Waals surface area (Å²) in [7, 11) is -4.06. The van der Waals surface area contributed by atoms with Gasteiger partial charge >= 0.3 is 0 Å². The highest BCUT2D eigenvalue weighted by Crippen LogP contribution is 2.32. The Labute approximate surface area is 185 Å². The van der Waals surface area contributed by atoms with E-state index < -0.39 is 27.8 Å². The van der Waals surface area contributed by atoms with Gasteiger partial charge in [0, 0.05) is 11.8 Å². The van der Waals surface area contributed by atoms with Crippen molar-refractivity contribution in [2.45, 2.75) is 17.4 Å². The molecule has 7 nitrogen and oxygen atoms in total. The number of rotatable bonds is 7. The molecule has 1 amide bonds. The number of ether oxygens (including phenoxy) is 2. The van der Waals surface area contributed by atoms with Crippen molar-refractivity contribution >= 4 is 21.6 Å². The number of benzene rings is 3. The van der Waals surface area contributed by atoms with Crippen molar-refractivity contribution in [1.29, 1.82) is 0 Å². The summed E-state index contributed by atoms with van der Waals surface area (Å²) in [6, 6.07) is 17.4. The van der Waals surface area contributed by atoms with Gasteiger partial charge in [0.25, 0.3) is 0 Å². The lowest BCUT2D eigenvalue weighted by atomic mass is 10.1. The van der Waals surface area contributed by atoms with Crippen molar-refractivity contribution in [3.05, 3.63) is 84.2 Å². The van der Waals surface area contributed by atoms with E-state index in [0.29, 0.717) is 30.4 Å². The van der Waals surface area contributed by atoms with Crippen LogP contribution in [0.4, 0.5) is 10.1 Å². The quantitative estimate of drug-likeness (QED) is 0.570. The van der Waals surface area contributed by atoms with Gasteiger partial charge in [-0.05, 0) is 48.4 Å². The first-order chi connectivity index (χ1) is 15.4. The predicted octanol–water partition coefficient (Wildman–Crippen LogP) is 3.13. The molecule has 1 heterocycles. The van der Waals surface area contributed by atoms with E-state index in [-0.39, 0.29) is 11.3 Å². The van der Waals surface area contributed by atoms with Crippen molar-refractivity contribution in [2.75, 3.05) is 18.5 Å². The number of anilines is 1. The van der Waals surface area contributed by atoms with Crippen LogP contribution in [0.1, 0.15) is 5.56 Å². The Hall–Kier alpha value is -3.43. The van der Waals surface area contributed by atoms with Crippen LogP contribution in [0.2, 0.25) is 0 Å². The van der Waals surface area contributed by atoms with E-state index in [1.165, 1.54) is 42.5 Å². The highest BCUT2D eigenvalue weighted by atomic mass is 32.2. The molecule has 3 aromatic carbocycles. The van der Waals surface area contributed by atoms with E-state index >= 15 is 0 Å². The third-order valence-electron chi connectivity index (χ3n) is 4.83. The van der Waals surface area contributed by atoms with Crippen LogP contribution in [0.25, 0.3) is 0 Å². The van der Waals surface area contributed by atoms with Gasteiger partial charge in [0.2, 0.25) is 15.9 Å². The van der Waals surface area contributed by atoms with Gasteiger partial charge in [-0.15, -0.1) is 0 Å². The maximum atomic E-state index is 13.2. The molecule has 9 heteroatoms. The van der Waals surface area contributed by atoms with Crippen LogP contribution in [-0.2, 0) is 21.2 Å². The molecular weight excluding hydrogens is 435 g/mol. The van der Waals surface area contributed by atoms with E-state index in [0.717, 1.165) is 5.56 Å². The van der Waals surface area contributed by atoms with Crippen molar-refractivity contribution in [3.8, 4) is 11.5 Å². The molecule has 1 aliphatic heterocycles. The number of hydrogen-bond donors (Lipinski definition) is 2. The number of nitrogens with one attached hydrogen (secondary N) is 2. The zero-order valence-electron chi connectivity index (χ0n) is 17.0. The molecule has 4 rings (SSSR count). The van der Waals surface area contributed by atoms with Gasteiger partial charge in [0.15, 0.2) is 11.5 Å². The summed E-state index contributed by atoms with van der Waals surface area (Å²) < 4.78 is 52.7. The predicted molar refractivity (Wildman–Crippen MR) is 117 cm³/mol. The normalized spacial score (nSPS) is 13.9. The average molecular weight is 456 g/mol. The Kier molecular flexibility index (Phi) is 6.38. The molecule has 0 saturated carbocycles. The summed E-state index contributed by atoms with van der Waals surface area (Å²) in [5, 5.41) is 2.64. The molecule has 0 fully saturated rings. The lowest BCUT2D eigenvalue weighted by Crippen LogP contribution is -2.45. The molecule has 0 aromatic heterocycles. The first-order valence-electron chi connectivity index (χ1n) is 9.93. The van der Waals surface area contributed by atoms with E-state index in [4.69, 9.17) is 9.47 Å². The van der Waals surface area contributed by atoms with Crippen LogP contribution < -0.4 is 19.5 Å². The molecule has 3 aromatic rings. The maximum Gasteiger partial charge on any atom is 0.242 e. The molecule has 2 N–H and O–H groups in total. The largest absolute Gasteiger partial charge is 0.486 e. The third-order valence-corrected chi connectivity index (χ3v) is 6.30. The lowest BCUT2D eigenvalue weighted by Gasteiger charge is -2.21. The number of carbonyl (C=O) groups is 1. The van der Waals surface area contributed by atoms with Gasteiger partial charge in [-0.3, -0.25) is 4.79 Å². The van der Waals surface area contributed by atoms with Crippen LogP contribution in [0.15, 0.2) is 77.7 Å². The molecule has 1 atom stereocenters. The zero-order chi connectivity index (χ0) is 22.6. The molecule has 0 bridgehead atoms. The van der Waals surface area contributed by atoms with Gasteiger partial charge in [-0.2, -0.15) is 4.72 Å². The maximum absolute atomic E-state index is 13.2. The first kappa shape index (κ1) is 21.8. The van der Waals surface area contributed by atoms with Gasteiger partial charge < -0.3 is 14.8 Å². The minimum atomic E-state index is -4.06.